The minimum Gasteiger partial charge on any atom is -0.492 e. The Bertz CT molecular complexity index is 215. The molecule has 0 amide bonds. The van der Waals surface area contributed by atoms with Gasteiger partial charge in [-0.2, -0.15) is 0 Å². The van der Waals surface area contributed by atoms with Crippen molar-refractivity contribution in [2.75, 3.05) is 13.2 Å². The molecule has 0 fully saturated rings. The van der Waals surface area contributed by atoms with E-state index in [-0.39, 0.29) is 5.60 Å². The highest BCUT2D eigenvalue weighted by atomic mass is 16.5. The van der Waals surface area contributed by atoms with Gasteiger partial charge in [0, 0.05) is 13.0 Å². The Morgan fingerprint density at radius 3 is 2.53 bits per heavy atom. The Hall–Kier alpha value is -0.760. The van der Waals surface area contributed by atoms with Crippen molar-refractivity contribution in [3.8, 4) is 0 Å². The molecule has 0 aliphatic heterocycles. The molecule has 0 spiro atoms. The van der Waals surface area contributed by atoms with Gasteiger partial charge in [0.1, 0.15) is 5.60 Å². The molecule has 0 rings (SSSR count). The predicted octanol–water partition coefficient (Wildman–Crippen LogP) is 3.69. The van der Waals surface area contributed by atoms with Crippen LogP contribution in [-0.2, 0) is 9.47 Å². The molecule has 15 heavy (non-hydrogen) atoms. The molecule has 0 saturated carbocycles. The highest BCUT2D eigenvalue weighted by Gasteiger charge is 2.18. The standard InChI is InChI=1S/C13H24O2/c1-6-8-9-12(3)15-13(4,5)10-11-14-7-2/h6,8-9H,7,10-11H2,1-5H3/b8-6-,12-9+. The van der Waals surface area contributed by atoms with Crippen LogP contribution >= 0.6 is 0 Å². The van der Waals surface area contributed by atoms with Crippen molar-refractivity contribution in [1.29, 1.82) is 0 Å². The quantitative estimate of drug-likeness (QED) is 0.364. The van der Waals surface area contributed by atoms with E-state index >= 15 is 0 Å². The normalized spacial score (nSPS) is 13.5. The SMILES string of the molecule is C/C=C\C=C(/C)OC(C)(C)CCOCC. The van der Waals surface area contributed by atoms with Crippen molar-refractivity contribution in [2.24, 2.45) is 0 Å². The van der Waals surface area contributed by atoms with E-state index in [2.05, 4.69) is 13.8 Å². The van der Waals surface area contributed by atoms with E-state index in [9.17, 15) is 0 Å². The molecule has 0 heterocycles. The smallest absolute Gasteiger partial charge is 0.105 e. The zero-order valence-electron chi connectivity index (χ0n) is 10.7. The lowest BCUT2D eigenvalue weighted by Crippen LogP contribution is -2.25. The molecule has 0 bridgehead atoms. The van der Waals surface area contributed by atoms with Gasteiger partial charge < -0.3 is 9.47 Å². The van der Waals surface area contributed by atoms with Crippen LogP contribution in [0.5, 0.6) is 0 Å². The number of hydrogen-bond donors (Lipinski definition) is 0. The largest absolute Gasteiger partial charge is 0.492 e. The van der Waals surface area contributed by atoms with Crippen molar-refractivity contribution >= 4 is 0 Å². The summed E-state index contributed by atoms with van der Waals surface area (Å²) in [6.45, 7) is 11.7. The van der Waals surface area contributed by atoms with E-state index < -0.39 is 0 Å². The fraction of sp³-hybridized carbons (Fsp3) is 0.692. The van der Waals surface area contributed by atoms with Crippen LogP contribution in [0.25, 0.3) is 0 Å². The maximum atomic E-state index is 5.82. The van der Waals surface area contributed by atoms with Crippen LogP contribution in [0.15, 0.2) is 24.0 Å². The lowest BCUT2D eigenvalue weighted by molar-refractivity contribution is 0.00217. The first-order chi connectivity index (χ1) is 7.02. The Labute approximate surface area is 94.0 Å². The summed E-state index contributed by atoms with van der Waals surface area (Å²) in [6, 6.07) is 0. The number of hydrogen-bond acceptors (Lipinski definition) is 2. The minimum absolute atomic E-state index is 0.155. The molecule has 0 aromatic rings. The zero-order chi connectivity index (χ0) is 11.7. The van der Waals surface area contributed by atoms with E-state index in [0.29, 0.717) is 0 Å². The van der Waals surface area contributed by atoms with E-state index in [4.69, 9.17) is 9.47 Å². The van der Waals surface area contributed by atoms with Gasteiger partial charge in [0.15, 0.2) is 0 Å². The van der Waals surface area contributed by atoms with E-state index in [0.717, 1.165) is 25.4 Å². The van der Waals surface area contributed by atoms with Gasteiger partial charge in [-0.25, -0.2) is 0 Å². The van der Waals surface area contributed by atoms with Gasteiger partial charge in [0.25, 0.3) is 0 Å². The summed E-state index contributed by atoms with van der Waals surface area (Å²) < 4.78 is 11.1. The Balaban J connectivity index is 4.00. The van der Waals surface area contributed by atoms with Crippen molar-refractivity contribution < 1.29 is 9.47 Å². The third kappa shape index (κ3) is 8.25. The van der Waals surface area contributed by atoms with Crippen molar-refractivity contribution in [2.45, 2.75) is 46.6 Å². The Morgan fingerprint density at radius 2 is 2.00 bits per heavy atom. The lowest BCUT2D eigenvalue weighted by atomic mass is 10.1. The first-order valence-corrected chi connectivity index (χ1v) is 5.58. The molecule has 88 valence electrons. The van der Waals surface area contributed by atoms with Crippen molar-refractivity contribution in [3.63, 3.8) is 0 Å². The fourth-order valence-electron chi connectivity index (χ4n) is 1.21. The summed E-state index contributed by atoms with van der Waals surface area (Å²) in [6.07, 6.45) is 6.85. The third-order valence-corrected chi connectivity index (χ3v) is 2.01. The summed E-state index contributed by atoms with van der Waals surface area (Å²) in [5.74, 6) is 0.939. The molecule has 0 saturated heterocycles. The average Bonchev–Trinajstić information content (AvgIpc) is 2.14. The van der Waals surface area contributed by atoms with E-state index in [1.807, 2.05) is 39.0 Å². The molecule has 0 aromatic heterocycles. The molecule has 2 heteroatoms. The first-order valence-electron chi connectivity index (χ1n) is 5.58. The van der Waals surface area contributed by atoms with Gasteiger partial charge in [-0.3, -0.25) is 0 Å². The monoisotopic (exact) mass is 212 g/mol. The van der Waals surface area contributed by atoms with Gasteiger partial charge in [-0.05, 0) is 40.7 Å². The van der Waals surface area contributed by atoms with Gasteiger partial charge in [-0.1, -0.05) is 12.2 Å². The van der Waals surface area contributed by atoms with E-state index in [1.54, 1.807) is 0 Å². The van der Waals surface area contributed by atoms with Crippen LogP contribution in [0.4, 0.5) is 0 Å². The highest BCUT2D eigenvalue weighted by Crippen LogP contribution is 2.18. The summed E-state index contributed by atoms with van der Waals surface area (Å²) in [5, 5.41) is 0. The van der Waals surface area contributed by atoms with Gasteiger partial charge in [0.05, 0.1) is 12.4 Å². The molecule has 0 N–H and O–H groups in total. The topological polar surface area (TPSA) is 18.5 Å². The van der Waals surface area contributed by atoms with Crippen LogP contribution in [-0.4, -0.2) is 18.8 Å². The summed E-state index contributed by atoms with van der Waals surface area (Å²) in [7, 11) is 0. The maximum Gasteiger partial charge on any atom is 0.105 e. The summed E-state index contributed by atoms with van der Waals surface area (Å²) >= 11 is 0. The van der Waals surface area contributed by atoms with Crippen LogP contribution < -0.4 is 0 Å². The molecule has 0 aromatic carbocycles. The zero-order valence-corrected chi connectivity index (χ0v) is 10.7. The Kier molecular flexibility index (Phi) is 7.14. The molecule has 0 aliphatic rings. The van der Waals surface area contributed by atoms with Crippen molar-refractivity contribution in [1.82, 2.24) is 0 Å². The number of allylic oxidation sites excluding steroid dienone is 4. The summed E-state index contributed by atoms with van der Waals surface area (Å²) in [5.41, 5.74) is -0.155. The fourth-order valence-corrected chi connectivity index (χ4v) is 1.21. The molecular formula is C13H24O2. The van der Waals surface area contributed by atoms with Gasteiger partial charge in [0.2, 0.25) is 0 Å². The lowest BCUT2D eigenvalue weighted by Gasteiger charge is -2.26. The third-order valence-electron chi connectivity index (χ3n) is 2.01. The molecule has 0 radical (unpaired) electrons. The molecule has 2 nitrogen and oxygen atoms in total. The van der Waals surface area contributed by atoms with E-state index in [1.165, 1.54) is 0 Å². The molecule has 0 atom stereocenters. The van der Waals surface area contributed by atoms with Crippen molar-refractivity contribution in [3.05, 3.63) is 24.0 Å². The summed E-state index contributed by atoms with van der Waals surface area (Å²) in [4.78, 5) is 0. The highest BCUT2D eigenvalue weighted by molar-refractivity contribution is 5.05. The van der Waals surface area contributed by atoms with Gasteiger partial charge in [-0.15, -0.1) is 0 Å². The number of rotatable bonds is 7. The second kappa shape index (κ2) is 7.52. The predicted molar refractivity (Wildman–Crippen MR) is 64.8 cm³/mol. The second-order valence-electron chi connectivity index (χ2n) is 4.11. The van der Waals surface area contributed by atoms with Crippen LogP contribution in [0.2, 0.25) is 0 Å². The number of ether oxygens (including phenoxy) is 2. The maximum absolute atomic E-state index is 5.82. The van der Waals surface area contributed by atoms with Crippen LogP contribution in [0, 0.1) is 0 Å². The van der Waals surface area contributed by atoms with Crippen LogP contribution in [0.1, 0.15) is 41.0 Å². The second-order valence-corrected chi connectivity index (χ2v) is 4.11. The first kappa shape index (κ1) is 14.2. The van der Waals surface area contributed by atoms with Gasteiger partial charge >= 0.3 is 0 Å². The minimum atomic E-state index is -0.155. The molecule has 0 unspecified atom stereocenters. The molecule has 0 aliphatic carbocycles. The Morgan fingerprint density at radius 1 is 1.33 bits per heavy atom. The van der Waals surface area contributed by atoms with Crippen LogP contribution in [0.3, 0.4) is 0 Å². The average molecular weight is 212 g/mol. The molecular weight excluding hydrogens is 188 g/mol.